The molecule has 5 nitrogen and oxygen atoms in total. The van der Waals surface area contributed by atoms with Crippen LogP contribution < -0.4 is 14.8 Å². The van der Waals surface area contributed by atoms with Crippen LogP contribution in [0.25, 0.3) is 0 Å². The van der Waals surface area contributed by atoms with E-state index in [1.807, 2.05) is 20.8 Å². The van der Waals surface area contributed by atoms with Crippen LogP contribution in [0.3, 0.4) is 0 Å². The highest BCUT2D eigenvalue weighted by atomic mass is 32.2. The van der Waals surface area contributed by atoms with E-state index in [0.29, 0.717) is 12.3 Å². The Balaban J connectivity index is 2.80. The summed E-state index contributed by atoms with van der Waals surface area (Å²) in [5.41, 5.74) is 0.796. The first-order chi connectivity index (χ1) is 8.90. The Morgan fingerprint density at radius 2 is 2.05 bits per heavy atom. The summed E-state index contributed by atoms with van der Waals surface area (Å²) in [4.78, 5) is 0.259. The normalized spacial score (nSPS) is 13.3. The Bertz CT molecular complexity index is 515. The molecule has 1 aromatic carbocycles. The lowest BCUT2D eigenvalue weighted by atomic mass is 10.2. The van der Waals surface area contributed by atoms with Crippen molar-refractivity contribution in [3.8, 4) is 5.75 Å². The van der Waals surface area contributed by atoms with E-state index in [0.717, 1.165) is 12.1 Å². The topological polar surface area (TPSA) is 67.4 Å². The molecule has 0 aliphatic heterocycles. The van der Waals surface area contributed by atoms with Crippen molar-refractivity contribution < 1.29 is 13.2 Å². The Labute approximate surface area is 115 Å². The van der Waals surface area contributed by atoms with E-state index in [1.165, 1.54) is 0 Å². The maximum Gasteiger partial charge on any atom is 0.240 e. The summed E-state index contributed by atoms with van der Waals surface area (Å²) in [6, 6.07) is 4.92. The van der Waals surface area contributed by atoms with Crippen molar-refractivity contribution in [1.29, 1.82) is 0 Å². The van der Waals surface area contributed by atoms with Crippen molar-refractivity contribution in [3.63, 3.8) is 0 Å². The summed E-state index contributed by atoms with van der Waals surface area (Å²) < 4.78 is 31.9. The highest BCUT2D eigenvalue weighted by molar-refractivity contribution is 7.89. The zero-order chi connectivity index (χ0) is 14.5. The second kappa shape index (κ2) is 6.88. The summed E-state index contributed by atoms with van der Waals surface area (Å²) in [5, 5.41) is 3.15. The third kappa shape index (κ3) is 4.49. The number of aryl methyl sites for hydroxylation is 1. The van der Waals surface area contributed by atoms with Crippen LogP contribution in [0, 0.1) is 6.92 Å². The second-order valence-electron chi connectivity index (χ2n) is 4.44. The number of rotatable bonds is 7. The van der Waals surface area contributed by atoms with Gasteiger partial charge < -0.3 is 10.1 Å². The summed E-state index contributed by atoms with van der Waals surface area (Å²) >= 11 is 0. The third-order valence-electron chi connectivity index (χ3n) is 2.81. The SMILES string of the molecule is CCN[C@H](C)CNS(=O)(=O)c1ccc(OC)c(C)c1. The van der Waals surface area contributed by atoms with Gasteiger partial charge in [0.25, 0.3) is 0 Å². The Kier molecular flexibility index (Phi) is 5.78. The average molecular weight is 286 g/mol. The van der Waals surface area contributed by atoms with Crippen LogP contribution in [0.4, 0.5) is 0 Å². The molecule has 0 heterocycles. The molecule has 0 bridgehead atoms. The van der Waals surface area contributed by atoms with Gasteiger partial charge in [-0.2, -0.15) is 0 Å². The molecule has 6 heteroatoms. The number of hydrogen-bond donors (Lipinski definition) is 2. The zero-order valence-corrected chi connectivity index (χ0v) is 12.7. The molecule has 0 unspecified atom stereocenters. The first-order valence-electron chi connectivity index (χ1n) is 6.28. The summed E-state index contributed by atoms with van der Waals surface area (Å²) in [6.07, 6.45) is 0. The molecule has 2 N–H and O–H groups in total. The lowest BCUT2D eigenvalue weighted by molar-refractivity contribution is 0.411. The van der Waals surface area contributed by atoms with Gasteiger partial charge in [-0.3, -0.25) is 0 Å². The van der Waals surface area contributed by atoms with E-state index in [1.54, 1.807) is 25.3 Å². The van der Waals surface area contributed by atoms with E-state index in [-0.39, 0.29) is 10.9 Å². The van der Waals surface area contributed by atoms with Crippen LogP contribution in [0.1, 0.15) is 19.4 Å². The van der Waals surface area contributed by atoms with Crippen molar-refractivity contribution in [2.75, 3.05) is 20.2 Å². The van der Waals surface area contributed by atoms with Crippen LogP contribution >= 0.6 is 0 Å². The Hall–Kier alpha value is -1.11. The fourth-order valence-corrected chi connectivity index (χ4v) is 2.97. The lowest BCUT2D eigenvalue weighted by Crippen LogP contribution is -2.38. The minimum Gasteiger partial charge on any atom is -0.496 e. The molecule has 108 valence electrons. The fourth-order valence-electron chi connectivity index (χ4n) is 1.76. The molecule has 0 radical (unpaired) electrons. The highest BCUT2D eigenvalue weighted by Crippen LogP contribution is 2.21. The molecule has 0 aliphatic carbocycles. The van der Waals surface area contributed by atoms with Gasteiger partial charge in [0.05, 0.1) is 12.0 Å². The molecule has 19 heavy (non-hydrogen) atoms. The molecule has 0 amide bonds. The first-order valence-corrected chi connectivity index (χ1v) is 7.76. The molecule has 1 rings (SSSR count). The molecular formula is C13H22N2O3S. The van der Waals surface area contributed by atoms with Crippen LogP contribution in [0.2, 0.25) is 0 Å². The largest absolute Gasteiger partial charge is 0.496 e. The number of ether oxygens (including phenoxy) is 1. The van der Waals surface area contributed by atoms with Crippen LogP contribution in [-0.4, -0.2) is 34.7 Å². The summed E-state index contributed by atoms with van der Waals surface area (Å²) in [5.74, 6) is 0.681. The molecule has 0 spiro atoms. The van der Waals surface area contributed by atoms with Crippen molar-refractivity contribution in [1.82, 2.24) is 10.0 Å². The predicted molar refractivity (Wildman–Crippen MR) is 76.1 cm³/mol. The van der Waals surface area contributed by atoms with E-state index >= 15 is 0 Å². The number of hydrogen-bond acceptors (Lipinski definition) is 4. The number of benzene rings is 1. The van der Waals surface area contributed by atoms with Crippen molar-refractivity contribution in [2.24, 2.45) is 0 Å². The second-order valence-corrected chi connectivity index (χ2v) is 6.21. The summed E-state index contributed by atoms with van der Waals surface area (Å²) in [6.45, 7) is 6.91. The molecule has 0 aliphatic rings. The predicted octanol–water partition coefficient (Wildman–Crippen LogP) is 1.28. The van der Waals surface area contributed by atoms with Crippen LogP contribution in [0.5, 0.6) is 5.75 Å². The number of methoxy groups -OCH3 is 1. The van der Waals surface area contributed by atoms with Crippen molar-refractivity contribution >= 4 is 10.0 Å². The number of sulfonamides is 1. The van der Waals surface area contributed by atoms with Gasteiger partial charge in [0.15, 0.2) is 0 Å². The Morgan fingerprint density at radius 1 is 1.37 bits per heavy atom. The van der Waals surface area contributed by atoms with Gasteiger partial charge >= 0.3 is 0 Å². The molecule has 0 aromatic heterocycles. The molecule has 0 saturated heterocycles. The van der Waals surface area contributed by atoms with Gasteiger partial charge in [-0.05, 0) is 44.2 Å². The quantitative estimate of drug-likeness (QED) is 0.792. The minimum absolute atomic E-state index is 0.0964. The van der Waals surface area contributed by atoms with Gasteiger partial charge in [-0.25, -0.2) is 13.1 Å². The van der Waals surface area contributed by atoms with Gasteiger partial charge in [-0.15, -0.1) is 0 Å². The van der Waals surface area contributed by atoms with E-state index < -0.39 is 10.0 Å². The van der Waals surface area contributed by atoms with E-state index in [4.69, 9.17) is 4.74 Å². The molecule has 0 saturated carbocycles. The maximum absolute atomic E-state index is 12.1. The molecule has 1 aromatic rings. The smallest absolute Gasteiger partial charge is 0.240 e. The van der Waals surface area contributed by atoms with Crippen molar-refractivity contribution in [3.05, 3.63) is 23.8 Å². The Morgan fingerprint density at radius 3 is 2.58 bits per heavy atom. The lowest BCUT2D eigenvalue weighted by Gasteiger charge is -2.14. The van der Waals surface area contributed by atoms with E-state index in [2.05, 4.69) is 10.0 Å². The van der Waals surface area contributed by atoms with Crippen molar-refractivity contribution in [2.45, 2.75) is 31.7 Å². The summed E-state index contributed by atoms with van der Waals surface area (Å²) in [7, 11) is -1.90. The third-order valence-corrected chi connectivity index (χ3v) is 4.23. The first kappa shape index (κ1) is 15.9. The van der Waals surface area contributed by atoms with Gasteiger partial charge in [0, 0.05) is 12.6 Å². The fraction of sp³-hybridized carbons (Fsp3) is 0.538. The highest BCUT2D eigenvalue weighted by Gasteiger charge is 2.16. The molecule has 0 fully saturated rings. The standard InChI is InChI=1S/C13H22N2O3S/c1-5-14-11(3)9-15-19(16,17)12-6-7-13(18-4)10(2)8-12/h6-8,11,14-15H,5,9H2,1-4H3/t11-/m1/s1. The van der Waals surface area contributed by atoms with Crippen LogP contribution in [-0.2, 0) is 10.0 Å². The zero-order valence-electron chi connectivity index (χ0n) is 11.9. The monoisotopic (exact) mass is 286 g/mol. The van der Waals surface area contributed by atoms with Gasteiger partial charge in [0.2, 0.25) is 10.0 Å². The number of likely N-dealkylation sites (N-methyl/N-ethyl adjacent to an activating group) is 1. The molecular weight excluding hydrogens is 264 g/mol. The number of nitrogens with one attached hydrogen (secondary N) is 2. The average Bonchev–Trinajstić information content (AvgIpc) is 2.37. The van der Waals surface area contributed by atoms with E-state index in [9.17, 15) is 8.42 Å². The molecule has 1 atom stereocenters. The van der Waals surface area contributed by atoms with Gasteiger partial charge in [0.1, 0.15) is 5.75 Å². The van der Waals surface area contributed by atoms with Gasteiger partial charge in [-0.1, -0.05) is 6.92 Å². The van der Waals surface area contributed by atoms with Crippen LogP contribution in [0.15, 0.2) is 23.1 Å². The maximum atomic E-state index is 12.1. The minimum atomic E-state index is -3.47.